The number of alkyl halides is 3. The zero-order chi connectivity index (χ0) is 15.4. The first kappa shape index (κ1) is 16.4. The fraction of sp³-hybridized carbons (Fsp3) is 0.462. The number of rotatable bonds is 3. The van der Waals surface area contributed by atoms with Gasteiger partial charge in [-0.3, -0.25) is 0 Å². The zero-order valence-electron chi connectivity index (χ0n) is 10.6. The van der Waals surface area contributed by atoms with Crippen LogP contribution in [0.3, 0.4) is 0 Å². The number of carboxylic acids is 1. The van der Waals surface area contributed by atoms with Gasteiger partial charge in [-0.05, 0) is 48.9 Å². The lowest BCUT2D eigenvalue weighted by atomic mass is 9.92. The Hall–Kier alpha value is -1.63. The molecule has 0 atom stereocenters. The Morgan fingerprint density at radius 2 is 1.70 bits per heavy atom. The lowest BCUT2D eigenvalue weighted by Gasteiger charge is -2.13. The molecule has 1 aliphatic rings. The Labute approximate surface area is 113 Å². The van der Waals surface area contributed by atoms with Crippen LogP contribution in [0.25, 0.3) is 0 Å². The van der Waals surface area contributed by atoms with Crippen molar-refractivity contribution in [3.8, 4) is 0 Å². The molecule has 3 N–H and O–H groups in total. The molecular formula is C13H15F4NO2. The van der Waals surface area contributed by atoms with Crippen molar-refractivity contribution in [2.75, 3.05) is 6.54 Å². The van der Waals surface area contributed by atoms with Crippen LogP contribution in [0.1, 0.15) is 24.8 Å². The summed E-state index contributed by atoms with van der Waals surface area (Å²) >= 11 is 0. The van der Waals surface area contributed by atoms with E-state index in [1.165, 1.54) is 30.5 Å². The second-order valence-corrected chi connectivity index (χ2v) is 4.63. The van der Waals surface area contributed by atoms with Gasteiger partial charge in [0.1, 0.15) is 5.82 Å². The molecule has 0 aliphatic heterocycles. The van der Waals surface area contributed by atoms with E-state index in [1.807, 2.05) is 12.1 Å². The molecule has 1 fully saturated rings. The summed E-state index contributed by atoms with van der Waals surface area (Å²) in [4.78, 5) is 8.90. The van der Waals surface area contributed by atoms with Gasteiger partial charge in [-0.1, -0.05) is 12.1 Å². The third-order valence-corrected chi connectivity index (χ3v) is 3.18. The Morgan fingerprint density at radius 1 is 1.25 bits per heavy atom. The van der Waals surface area contributed by atoms with Crippen LogP contribution in [0.4, 0.5) is 17.6 Å². The summed E-state index contributed by atoms with van der Waals surface area (Å²) in [6.07, 6.45) is -1.65. The average Bonchev–Trinajstić information content (AvgIpc) is 3.11. The zero-order valence-corrected chi connectivity index (χ0v) is 10.6. The van der Waals surface area contributed by atoms with Gasteiger partial charge in [0, 0.05) is 0 Å². The molecule has 0 bridgehead atoms. The number of benzene rings is 1. The number of carboxylic acid groups (broad SMARTS) is 1. The van der Waals surface area contributed by atoms with E-state index >= 15 is 0 Å². The van der Waals surface area contributed by atoms with E-state index in [1.54, 1.807) is 0 Å². The molecule has 1 saturated carbocycles. The minimum Gasteiger partial charge on any atom is -0.475 e. The van der Waals surface area contributed by atoms with Crippen LogP contribution in [0.15, 0.2) is 24.3 Å². The number of hydrogen-bond acceptors (Lipinski definition) is 2. The van der Waals surface area contributed by atoms with Crippen LogP contribution in [0.5, 0.6) is 0 Å². The molecule has 0 spiro atoms. The molecule has 0 aromatic heterocycles. The predicted octanol–water partition coefficient (Wildman–Crippen LogP) is 2.84. The summed E-state index contributed by atoms with van der Waals surface area (Å²) in [7, 11) is 0. The molecule has 0 amide bonds. The number of nitrogens with two attached hydrogens (primary N) is 1. The second-order valence-electron chi connectivity index (χ2n) is 4.63. The summed E-state index contributed by atoms with van der Waals surface area (Å²) in [5.41, 5.74) is 7.09. The normalized spacial score (nSPS) is 16.1. The van der Waals surface area contributed by atoms with Gasteiger partial charge < -0.3 is 10.8 Å². The molecule has 2 rings (SSSR count). The van der Waals surface area contributed by atoms with Crippen molar-refractivity contribution in [1.29, 1.82) is 0 Å². The molecule has 1 aromatic carbocycles. The molecular weight excluding hydrogens is 278 g/mol. The standard InChI is InChI=1S/C11H14FN.C2HF3O2/c12-10-3-1-9(2-4-10)11(5-6-11)7-8-13;3-2(4,5)1(6)7/h1-4H,5-8,13H2;(H,6,7). The topological polar surface area (TPSA) is 63.3 Å². The molecule has 112 valence electrons. The number of hydrogen-bond donors (Lipinski definition) is 2. The van der Waals surface area contributed by atoms with Crippen LogP contribution in [0.2, 0.25) is 0 Å². The Balaban J connectivity index is 0.000000246. The van der Waals surface area contributed by atoms with E-state index < -0.39 is 12.1 Å². The highest BCUT2D eigenvalue weighted by molar-refractivity contribution is 5.73. The SMILES string of the molecule is NCCC1(c2ccc(F)cc2)CC1.O=C(O)C(F)(F)F. The third-order valence-electron chi connectivity index (χ3n) is 3.18. The molecule has 0 unspecified atom stereocenters. The summed E-state index contributed by atoms with van der Waals surface area (Å²) in [5.74, 6) is -2.92. The van der Waals surface area contributed by atoms with Crippen LogP contribution in [0, 0.1) is 5.82 Å². The predicted molar refractivity (Wildman–Crippen MR) is 64.7 cm³/mol. The highest BCUT2D eigenvalue weighted by atomic mass is 19.4. The van der Waals surface area contributed by atoms with Gasteiger partial charge in [0.2, 0.25) is 0 Å². The molecule has 20 heavy (non-hydrogen) atoms. The Morgan fingerprint density at radius 3 is 2.00 bits per heavy atom. The van der Waals surface area contributed by atoms with Crippen molar-refractivity contribution < 1.29 is 27.5 Å². The van der Waals surface area contributed by atoms with E-state index in [-0.39, 0.29) is 5.82 Å². The number of aliphatic carboxylic acids is 1. The van der Waals surface area contributed by atoms with E-state index in [0.717, 1.165) is 13.0 Å². The first-order valence-electron chi connectivity index (χ1n) is 5.97. The molecule has 0 saturated heterocycles. The van der Waals surface area contributed by atoms with E-state index in [9.17, 15) is 17.6 Å². The first-order valence-corrected chi connectivity index (χ1v) is 5.97. The number of carbonyl (C=O) groups is 1. The second kappa shape index (κ2) is 6.21. The van der Waals surface area contributed by atoms with Gasteiger partial charge in [-0.25, -0.2) is 9.18 Å². The lowest BCUT2D eigenvalue weighted by molar-refractivity contribution is -0.192. The molecule has 0 heterocycles. The quantitative estimate of drug-likeness (QED) is 0.842. The smallest absolute Gasteiger partial charge is 0.475 e. The van der Waals surface area contributed by atoms with Crippen molar-refractivity contribution in [1.82, 2.24) is 0 Å². The number of halogens is 4. The largest absolute Gasteiger partial charge is 0.490 e. The molecule has 1 aliphatic carbocycles. The van der Waals surface area contributed by atoms with Gasteiger partial charge in [0.05, 0.1) is 0 Å². The summed E-state index contributed by atoms with van der Waals surface area (Å²) in [6.45, 7) is 0.720. The Kier molecular flexibility index (Phi) is 5.10. The van der Waals surface area contributed by atoms with Crippen LogP contribution in [-0.2, 0) is 10.2 Å². The fourth-order valence-corrected chi connectivity index (χ4v) is 1.91. The van der Waals surface area contributed by atoms with Crippen molar-refractivity contribution in [2.24, 2.45) is 5.73 Å². The first-order chi connectivity index (χ1) is 9.21. The van der Waals surface area contributed by atoms with Crippen LogP contribution in [-0.4, -0.2) is 23.8 Å². The monoisotopic (exact) mass is 293 g/mol. The Bertz CT molecular complexity index is 452. The molecule has 7 heteroatoms. The average molecular weight is 293 g/mol. The minimum absolute atomic E-state index is 0.160. The maximum absolute atomic E-state index is 12.7. The molecule has 0 radical (unpaired) electrons. The van der Waals surface area contributed by atoms with Crippen LogP contribution < -0.4 is 5.73 Å². The van der Waals surface area contributed by atoms with Gasteiger partial charge in [0.25, 0.3) is 0 Å². The maximum atomic E-state index is 12.7. The molecule has 1 aromatic rings. The maximum Gasteiger partial charge on any atom is 0.490 e. The van der Waals surface area contributed by atoms with Crippen molar-refractivity contribution >= 4 is 5.97 Å². The van der Waals surface area contributed by atoms with Gasteiger partial charge in [-0.15, -0.1) is 0 Å². The van der Waals surface area contributed by atoms with Gasteiger partial charge in [-0.2, -0.15) is 13.2 Å². The molecule has 3 nitrogen and oxygen atoms in total. The van der Waals surface area contributed by atoms with E-state index in [2.05, 4.69) is 0 Å². The minimum atomic E-state index is -5.08. The third kappa shape index (κ3) is 4.48. The lowest BCUT2D eigenvalue weighted by Crippen LogP contribution is -2.21. The summed E-state index contributed by atoms with van der Waals surface area (Å²) in [5, 5.41) is 7.12. The van der Waals surface area contributed by atoms with Gasteiger partial charge in [0.15, 0.2) is 0 Å². The highest BCUT2D eigenvalue weighted by Crippen LogP contribution is 2.50. The van der Waals surface area contributed by atoms with Gasteiger partial charge >= 0.3 is 12.1 Å². The summed E-state index contributed by atoms with van der Waals surface area (Å²) < 4.78 is 44.4. The van der Waals surface area contributed by atoms with E-state index in [4.69, 9.17) is 15.6 Å². The highest BCUT2D eigenvalue weighted by Gasteiger charge is 2.43. The summed E-state index contributed by atoms with van der Waals surface area (Å²) in [6, 6.07) is 6.84. The van der Waals surface area contributed by atoms with Crippen molar-refractivity contribution in [3.63, 3.8) is 0 Å². The van der Waals surface area contributed by atoms with Crippen molar-refractivity contribution in [2.45, 2.75) is 30.9 Å². The van der Waals surface area contributed by atoms with E-state index in [0.29, 0.717) is 5.41 Å². The van der Waals surface area contributed by atoms with Crippen LogP contribution >= 0.6 is 0 Å². The van der Waals surface area contributed by atoms with Crippen molar-refractivity contribution in [3.05, 3.63) is 35.6 Å². The fourth-order valence-electron chi connectivity index (χ4n) is 1.91.